The topological polar surface area (TPSA) is 71.2 Å². The molecule has 3 heterocycles. The predicted molar refractivity (Wildman–Crippen MR) is 104 cm³/mol. The maximum atomic E-state index is 12.5. The van der Waals surface area contributed by atoms with Gasteiger partial charge in [0.2, 0.25) is 0 Å². The van der Waals surface area contributed by atoms with Gasteiger partial charge in [-0.25, -0.2) is 9.67 Å². The van der Waals surface area contributed by atoms with Crippen molar-refractivity contribution in [3.8, 4) is 10.6 Å². The van der Waals surface area contributed by atoms with Gasteiger partial charge in [0.15, 0.2) is 0 Å². The Morgan fingerprint density at radius 1 is 1.38 bits per heavy atom. The van der Waals surface area contributed by atoms with Gasteiger partial charge in [0.25, 0.3) is 5.56 Å². The van der Waals surface area contributed by atoms with Crippen molar-refractivity contribution in [3.05, 3.63) is 32.7 Å². The Labute approximate surface area is 158 Å². The van der Waals surface area contributed by atoms with Gasteiger partial charge in [-0.3, -0.25) is 9.69 Å². The summed E-state index contributed by atoms with van der Waals surface area (Å²) in [5.41, 5.74) is 3.35. The molecule has 6 nitrogen and oxygen atoms in total. The molecule has 0 spiro atoms. The third-order valence-electron chi connectivity index (χ3n) is 5.51. The van der Waals surface area contributed by atoms with E-state index in [0.717, 1.165) is 60.9 Å². The first-order valence-electron chi connectivity index (χ1n) is 9.21. The fourth-order valence-electron chi connectivity index (χ4n) is 3.93. The number of hydrogen-bond acceptors (Lipinski definition) is 6. The van der Waals surface area contributed by atoms with Gasteiger partial charge in [0.1, 0.15) is 5.01 Å². The summed E-state index contributed by atoms with van der Waals surface area (Å²) < 4.78 is 1.39. The highest BCUT2D eigenvalue weighted by Gasteiger charge is 2.36. The second kappa shape index (κ2) is 7.58. The van der Waals surface area contributed by atoms with Crippen molar-refractivity contribution in [1.82, 2.24) is 19.7 Å². The normalized spacial score (nSPS) is 20.8. The second-order valence-electron chi connectivity index (χ2n) is 7.53. The summed E-state index contributed by atoms with van der Waals surface area (Å²) in [6, 6.07) is 0. The van der Waals surface area contributed by atoms with Gasteiger partial charge in [-0.1, -0.05) is 13.3 Å². The largest absolute Gasteiger partial charge is 0.396 e. The van der Waals surface area contributed by atoms with E-state index in [1.807, 2.05) is 19.2 Å². The molecule has 0 aromatic carbocycles. The van der Waals surface area contributed by atoms with Crippen molar-refractivity contribution < 1.29 is 5.11 Å². The van der Waals surface area contributed by atoms with Crippen molar-refractivity contribution in [3.63, 3.8) is 0 Å². The predicted octanol–water partition coefficient (Wildman–Crippen LogP) is 2.51. The Balaban J connectivity index is 1.79. The van der Waals surface area contributed by atoms with Crippen LogP contribution >= 0.6 is 11.3 Å². The van der Waals surface area contributed by atoms with E-state index in [9.17, 15) is 9.90 Å². The number of aliphatic hydroxyl groups is 1. The molecule has 3 rings (SSSR count). The molecule has 26 heavy (non-hydrogen) atoms. The monoisotopic (exact) mass is 376 g/mol. The minimum absolute atomic E-state index is 0.0440. The number of nitrogens with zero attached hydrogens (tertiary/aromatic N) is 4. The highest BCUT2D eigenvalue weighted by atomic mass is 32.1. The molecule has 1 saturated heterocycles. The molecule has 0 aliphatic carbocycles. The lowest BCUT2D eigenvalue weighted by molar-refractivity contribution is 0.117. The number of hydrogen-bond donors (Lipinski definition) is 1. The summed E-state index contributed by atoms with van der Waals surface area (Å²) in [5.74, 6) is 0. The number of thiazole rings is 1. The fraction of sp³-hybridized carbons (Fsp3) is 0.632. The maximum absolute atomic E-state index is 12.5. The molecule has 2 aromatic heterocycles. The maximum Gasteiger partial charge on any atom is 0.277 e. The number of likely N-dealkylation sites (tertiary alicyclic amines) is 1. The van der Waals surface area contributed by atoms with Crippen LogP contribution in [0.25, 0.3) is 10.6 Å². The van der Waals surface area contributed by atoms with Gasteiger partial charge >= 0.3 is 0 Å². The lowest BCUT2D eigenvalue weighted by atomic mass is 9.83. The second-order valence-corrected chi connectivity index (χ2v) is 8.39. The van der Waals surface area contributed by atoms with Crippen molar-refractivity contribution in [2.75, 3.05) is 19.7 Å². The standard InChI is InChI=1S/C19H28N4O2S/c1-5-6-19(12-24)7-8-23(11-19)9-15-10-26-17(20-15)16-13(2)14(3)21-22(4)18(16)25/h10,24H,5-9,11-12H2,1-4H3. The first-order chi connectivity index (χ1) is 12.4. The summed E-state index contributed by atoms with van der Waals surface area (Å²) in [5, 5.41) is 16.9. The lowest BCUT2D eigenvalue weighted by Crippen LogP contribution is -2.30. The molecule has 0 bridgehead atoms. The van der Waals surface area contributed by atoms with Crippen LogP contribution in [0.3, 0.4) is 0 Å². The Hall–Kier alpha value is -1.57. The number of aromatic nitrogens is 3. The molecule has 1 N–H and O–H groups in total. The van der Waals surface area contributed by atoms with E-state index < -0.39 is 0 Å². The quantitative estimate of drug-likeness (QED) is 0.839. The summed E-state index contributed by atoms with van der Waals surface area (Å²) in [6.07, 6.45) is 3.20. The first kappa shape index (κ1) is 19.2. The molecule has 1 aliphatic heterocycles. The molecule has 0 amide bonds. The summed E-state index contributed by atoms with van der Waals surface area (Å²) in [7, 11) is 1.68. The molecule has 2 aromatic rings. The van der Waals surface area contributed by atoms with Crippen LogP contribution in [0, 0.1) is 19.3 Å². The van der Waals surface area contributed by atoms with Crippen molar-refractivity contribution in [1.29, 1.82) is 0 Å². The molecule has 7 heteroatoms. The third-order valence-corrected chi connectivity index (χ3v) is 6.42. The van der Waals surface area contributed by atoms with Gasteiger partial charge in [-0.05, 0) is 38.8 Å². The minimum atomic E-state index is -0.0996. The van der Waals surface area contributed by atoms with Crippen molar-refractivity contribution >= 4 is 11.3 Å². The average Bonchev–Trinajstić information content (AvgIpc) is 3.22. The van der Waals surface area contributed by atoms with Gasteiger partial charge in [0, 0.05) is 37.5 Å². The minimum Gasteiger partial charge on any atom is -0.396 e. The molecule has 1 atom stereocenters. The lowest BCUT2D eigenvalue weighted by Gasteiger charge is -2.26. The Kier molecular flexibility index (Phi) is 5.60. The molecule has 142 valence electrons. The van der Waals surface area contributed by atoms with Crippen LogP contribution in [0.2, 0.25) is 0 Å². The van der Waals surface area contributed by atoms with Crippen molar-refractivity contribution in [2.24, 2.45) is 12.5 Å². The first-order valence-corrected chi connectivity index (χ1v) is 10.1. The summed E-state index contributed by atoms with van der Waals surface area (Å²) >= 11 is 1.52. The van der Waals surface area contributed by atoms with E-state index in [0.29, 0.717) is 5.56 Å². The zero-order valence-electron chi connectivity index (χ0n) is 16.1. The zero-order valence-corrected chi connectivity index (χ0v) is 16.9. The van der Waals surface area contributed by atoms with Crippen LogP contribution in [0.1, 0.15) is 43.1 Å². The van der Waals surface area contributed by atoms with Crippen LogP contribution < -0.4 is 5.56 Å². The van der Waals surface area contributed by atoms with E-state index >= 15 is 0 Å². The van der Waals surface area contributed by atoms with Crippen LogP contribution in [-0.4, -0.2) is 44.5 Å². The zero-order chi connectivity index (χ0) is 18.9. The van der Waals surface area contributed by atoms with Gasteiger partial charge in [-0.2, -0.15) is 5.10 Å². The smallest absolute Gasteiger partial charge is 0.277 e. The SMILES string of the molecule is CCCC1(CO)CCN(Cc2csc(-c3c(C)c(C)nn(C)c3=O)n2)C1. The Morgan fingerprint density at radius 3 is 2.85 bits per heavy atom. The van der Waals surface area contributed by atoms with E-state index in [2.05, 4.69) is 16.9 Å². The third kappa shape index (κ3) is 3.61. The van der Waals surface area contributed by atoms with Crippen LogP contribution in [0.15, 0.2) is 10.2 Å². The Bertz CT molecular complexity index is 845. The molecule has 1 unspecified atom stereocenters. The number of rotatable bonds is 6. The Morgan fingerprint density at radius 2 is 2.15 bits per heavy atom. The van der Waals surface area contributed by atoms with Gasteiger partial charge in [0.05, 0.1) is 17.0 Å². The van der Waals surface area contributed by atoms with Gasteiger partial charge in [-0.15, -0.1) is 11.3 Å². The fourth-order valence-corrected chi connectivity index (χ4v) is 4.83. The molecule has 1 fully saturated rings. The van der Waals surface area contributed by atoms with E-state index in [-0.39, 0.29) is 17.6 Å². The van der Waals surface area contributed by atoms with Crippen LogP contribution in [-0.2, 0) is 13.6 Å². The van der Waals surface area contributed by atoms with Crippen molar-refractivity contribution in [2.45, 2.75) is 46.6 Å². The average molecular weight is 377 g/mol. The molecular weight excluding hydrogens is 348 g/mol. The van der Waals surface area contributed by atoms with Crippen LogP contribution in [0.5, 0.6) is 0 Å². The molecule has 0 saturated carbocycles. The van der Waals surface area contributed by atoms with E-state index in [1.54, 1.807) is 7.05 Å². The summed E-state index contributed by atoms with van der Waals surface area (Å²) in [6.45, 7) is 8.95. The van der Waals surface area contributed by atoms with E-state index in [1.165, 1.54) is 16.0 Å². The van der Waals surface area contributed by atoms with E-state index in [4.69, 9.17) is 4.98 Å². The number of aryl methyl sites for hydroxylation is 2. The molecule has 1 aliphatic rings. The molecular formula is C19H28N4O2S. The highest BCUT2D eigenvalue weighted by molar-refractivity contribution is 7.13. The number of aliphatic hydroxyl groups excluding tert-OH is 1. The highest BCUT2D eigenvalue weighted by Crippen LogP contribution is 2.35. The summed E-state index contributed by atoms with van der Waals surface area (Å²) in [4.78, 5) is 19.6. The molecule has 0 radical (unpaired) electrons. The van der Waals surface area contributed by atoms with Crippen LogP contribution in [0.4, 0.5) is 0 Å². The van der Waals surface area contributed by atoms with Gasteiger partial charge < -0.3 is 5.11 Å².